The fourth-order valence-electron chi connectivity index (χ4n) is 3.40. The van der Waals surface area contributed by atoms with Crippen LogP contribution in [0.5, 0.6) is 0 Å². The van der Waals surface area contributed by atoms with Gasteiger partial charge in [-0.15, -0.1) is 0 Å². The van der Waals surface area contributed by atoms with E-state index in [0.29, 0.717) is 49.0 Å². The molecule has 0 bridgehead atoms. The smallest absolute Gasteiger partial charge is 0.414 e. The van der Waals surface area contributed by atoms with Crippen molar-refractivity contribution in [1.82, 2.24) is 5.32 Å². The quantitative estimate of drug-likeness (QED) is 0.680. The van der Waals surface area contributed by atoms with E-state index in [1.807, 2.05) is 6.92 Å². The van der Waals surface area contributed by atoms with Crippen molar-refractivity contribution in [2.45, 2.75) is 26.4 Å². The number of benzene rings is 1. The summed E-state index contributed by atoms with van der Waals surface area (Å²) in [6, 6.07) is 4.57. The van der Waals surface area contributed by atoms with Gasteiger partial charge in [-0.1, -0.05) is 19.1 Å². The standard InChI is InChI=1S/C19H25FN4O4S2/c1-3-18(29)21-11-15-12-24(19(26)28-15)14-4-5-17(16(20)10-14)23-6-8-30(27,9-7-23)22-13(2)25/h4-5,10,15H,3,6-9,11-12H2,1-2H3,(H,21,29). The van der Waals surface area contributed by atoms with E-state index < -0.39 is 27.5 Å². The van der Waals surface area contributed by atoms with E-state index in [9.17, 15) is 18.2 Å². The molecule has 3 rings (SSSR count). The summed E-state index contributed by atoms with van der Waals surface area (Å²) in [4.78, 5) is 27.2. The highest BCUT2D eigenvalue weighted by Gasteiger charge is 2.33. The molecule has 2 aliphatic rings. The lowest BCUT2D eigenvalue weighted by Crippen LogP contribution is -2.41. The zero-order valence-electron chi connectivity index (χ0n) is 16.9. The highest BCUT2D eigenvalue weighted by atomic mass is 32.2. The van der Waals surface area contributed by atoms with Crippen LogP contribution in [0.2, 0.25) is 0 Å². The Morgan fingerprint density at radius 1 is 1.40 bits per heavy atom. The first-order valence-electron chi connectivity index (χ1n) is 9.73. The predicted molar refractivity (Wildman–Crippen MR) is 118 cm³/mol. The molecule has 164 valence electrons. The van der Waals surface area contributed by atoms with Gasteiger partial charge in [-0.25, -0.2) is 13.4 Å². The van der Waals surface area contributed by atoms with Gasteiger partial charge >= 0.3 is 6.09 Å². The van der Waals surface area contributed by atoms with Crippen molar-refractivity contribution >= 4 is 50.3 Å². The highest BCUT2D eigenvalue weighted by Crippen LogP contribution is 2.29. The van der Waals surface area contributed by atoms with Gasteiger partial charge in [0, 0.05) is 31.5 Å². The molecular formula is C19H25FN4O4S2. The number of ether oxygens (including phenoxy) is 1. The average Bonchev–Trinajstić information content (AvgIpc) is 3.06. The maximum absolute atomic E-state index is 14.8. The summed E-state index contributed by atoms with van der Waals surface area (Å²) in [6.45, 7) is 4.60. The molecule has 2 saturated heterocycles. The van der Waals surface area contributed by atoms with Crippen LogP contribution >= 0.6 is 12.2 Å². The molecule has 2 amide bonds. The van der Waals surface area contributed by atoms with E-state index in [-0.39, 0.29) is 17.6 Å². The van der Waals surface area contributed by atoms with Gasteiger partial charge in [0.05, 0.1) is 39.2 Å². The zero-order chi connectivity index (χ0) is 21.9. The number of anilines is 2. The molecule has 2 fully saturated rings. The van der Waals surface area contributed by atoms with Gasteiger partial charge in [0.25, 0.3) is 5.91 Å². The van der Waals surface area contributed by atoms with E-state index >= 15 is 0 Å². The second-order valence-corrected chi connectivity index (χ2v) is 10.2. The zero-order valence-corrected chi connectivity index (χ0v) is 18.6. The molecule has 1 aromatic rings. The summed E-state index contributed by atoms with van der Waals surface area (Å²) in [5.74, 6) is -0.515. The van der Waals surface area contributed by atoms with Crippen LogP contribution in [0.4, 0.5) is 20.6 Å². The maximum Gasteiger partial charge on any atom is 0.414 e. The van der Waals surface area contributed by atoms with Crippen LogP contribution in [0.25, 0.3) is 0 Å². The summed E-state index contributed by atoms with van der Waals surface area (Å²) in [7, 11) is -2.56. The van der Waals surface area contributed by atoms with Gasteiger partial charge in [0.15, 0.2) is 0 Å². The third-order valence-corrected chi connectivity index (χ3v) is 7.62. The molecule has 11 heteroatoms. The second kappa shape index (κ2) is 9.25. The molecule has 1 aromatic carbocycles. The molecule has 1 atom stereocenters. The highest BCUT2D eigenvalue weighted by molar-refractivity contribution is 7.94. The molecule has 0 aromatic heterocycles. The number of halogens is 1. The first kappa shape index (κ1) is 22.4. The molecule has 0 aliphatic carbocycles. The van der Waals surface area contributed by atoms with E-state index in [1.165, 1.54) is 17.9 Å². The Balaban J connectivity index is 1.66. The Morgan fingerprint density at radius 2 is 2.10 bits per heavy atom. The summed E-state index contributed by atoms with van der Waals surface area (Å²) >= 11 is 5.11. The topological polar surface area (TPSA) is 91.3 Å². The lowest BCUT2D eigenvalue weighted by Gasteiger charge is -2.31. The Bertz CT molecular complexity index is 963. The summed E-state index contributed by atoms with van der Waals surface area (Å²) in [5, 5.41) is 3.04. The van der Waals surface area contributed by atoms with Gasteiger partial charge in [-0.05, 0) is 24.6 Å². The van der Waals surface area contributed by atoms with E-state index in [2.05, 4.69) is 9.68 Å². The number of hydrogen-bond donors (Lipinski definition) is 1. The summed E-state index contributed by atoms with van der Waals surface area (Å²) in [6.07, 6.45) is -0.189. The number of amides is 2. The summed E-state index contributed by atoms with van der Waals surface area (Å²) < 4.78 is 36.4. The molecule has 1 unspecified atom stereocenters. The third kappa shape index (κ3) is 5.25. The van der Waals surface area contributed by atoms with Crippen molar-refractivity contribution in [1.29, 1.82) is 0 Å². The largest absolute Gasteiger partial charge is 0.442 e. The van der Waals surface area contributed by atoms with E-state index in [4.69, 9.17) is 17.0 Å². The van der Waals surface area contributed by atoms with E-state index in [1.54, 1.807) is 17.0 Å². The fraction of sp³-hybridized carbons (Fsp3) is 0.526. The van der Waals surface area contributed by atoms with Crippen LogP contribution in [0.15, 0.2) is 22.6 Å². The Labute approximate surface area is 180 Å². The maximum atomic E-state index is 14.8. The molecular weight excluding hydrogens is 431 g/mol. The number of thiocarbonyl (C=S) groups is 1. The number of hydrogen-bond acceptors (Lipinski definition) is 6. The van der Waals surface area contributed by atoms with Crippen LogP contribution in [-0.2, 0) is 19.3 Å². The molecule has 0 saturated carbocycles. The first-order valence-corrected chi connectivity index (χ1v) is 12.0. The first-order chi connectivity index (χ1) is 14.2. The SMILES string of the molecule is CCC(=S)NCC1CN(c2ccc(N3CCS(=O)(=NC(C)=O)CC3)c(F)c2)C(=O)O1. The van der Waals surface area contributed by atoms with Crippen LogP contribution in [-0.4, -0.2) is 65.0 Å². The predicted octanol–water partition coefficient (Wildman–Crippen LogP) is 2.31. The molecule has 0 radical (unpaired) electrons. The monoisotopic (exact) mass is 456 g/mol. The van der Waals surface area contributed by atoms with Crippen molar-refractivity contribution in [3.63, 3.8) is 0 Å². The van der Waals surface area contributed by atoms with Crippen molar-refractivity contribution < 1.29 is 22.9 Å². The summed E-state index contributed by atoms with van der Waals surface area (Å²) in [5.41, 5.74) is 0.774. The lowest BCUT2D eigenvalue weighted by atomic mass is 10.2. The number of nitrogens with zero attached hydrogens (tertiary/aromatic N) is 3. The Hall–Kier alpha value is -2.27. The number of rotatable bonds is 5. The Morgan fingerprint density at radius 3 is 2.70 bits per heavy atom. The van der Waals surface area contributed by atoms with Crippen molar-refractivity contribution in [3.8, 4) is 0 Å². The fourth-order valence-corrected chi connectivity index (χ4v) is 5.35. The molecule has 2 heterocycles. The molecule has 8 nitrogen and oxygen atoms in total. The van der Waals surface area contributed by atoms with Crippen LogP contribution in [0.3, 0.4) is 0 Å². The number of carbonyl (C=O) groups excluding carboxylic acids is 2. The van der Waals surface area contributed by atoms with Gasteiger partial charge in [-0.3, -0.25) is 9.69 Å². The second-order valence-electron chi connectivity index (χ2n) is 7.19. The Kier molecular flexibility index (Phi) is 6.91. The number of nitrogens with one attached hydrogen (secondary N) is 1. The van der Waals surface area contributed by atoms with Crippen molar-refractivity contribution in [2.75, 3.05) is 47.5 Å². The minimum atomic E-state index is -2.56. The average molecular weight is 457 g/mol. The van der Waals surface area contributed by atoms with Crippen LogP contribution < -0.4 is 15.1 Å². The minimum absolute atomic E-state index is 0.209. The van der Waals surface area contributed by atoms with Gasteiger partial charge in [0.2, 0.25) is 0 Å². The normalized spacial score (nSPS) is 20.6. The molecule has 30 heavy (non-hydrogen) atoms. The molecule has 1 N–H and O–H groups in total. The van der Waals surface area contributed by atoms with Gasteiger partial charge in [0.1, 0.15) is 11.9 Å². The number of carbonyl (C=O) groups is 2. The van der Waals surface area contributed by atoms with Gasteiger partial charge < -0.3 is 15.0 Å². The van der Waals surface area contributed by atoms with Crippen LogP contribution in [0, 0.1) is 5.82 Å². The molecule has 0 spiro atoms. The molecule has 2 aliphatic heterocycles. The van der Waals surface area contributed by atoms with Crippen LogP contribution in [0.1, 0.15) is 20.3 Å². The van der Waals surface area contributed by atoms with Gasteiger partial charge in [-0.2, -0.15) is 4.36 Å². The lowest BCUT2D eigenvalue weighted by molar-refractivity contribution is -0.115. The number of cyclic esters (lactones) is 1. The van der Waals surface area contributed by atoms with Crippen molar-refractivity contribution in [2.24, 2.45) is 4.36 Å². The third-order valence-electron chi connectivity index (χ3n) is 4.96. The van der Waals surface area contributed by atoms with Crippen molar-refractivity contribution in [3.05, 3.63) is 24.0 Å². The minimum Gasteiger partial charge on any atom is -0.442 e. The van der Waals surface area contributed by atoms with E-state index in [0.717, 1.165) is 0 Å².